The van der Waals surface area contributed by atoms with E-state index in [9.17, 15) is 0 Å². The molecule has 0 atom stereocenters. The van der Waals surface area contributed by atoms with Crippen molar-refractivity contribution < 1.29 is 4.74 Å². The molecular formula is C18H19NO. The molecule has 0 unspecified atom stereocenters. The summed E-state index contributed by atoms with van der Waals surface area (Å²) in [6.07, 6.45) is 4.45. The van der Waals surface area contributed by atoms with E-state index in [1.165, 1.54) is 40.8 Å². The molecule has 0 saturated carbocycles. The maximum Gasteiger partial charge on any atom is 0.126 e. The molecule has 1 N–H and O–H groups in total. The lowest BCUT2D eigenvalue weighted by Crippen LogP contribution is -2.11. The maximum absolute atomic E-state index is 5.80. The summed E-state index contributed by atoms with van der Waals surface area (Å²) in [7, 11) is 0. The van der Waals surface area contributed by atoms with Crippen LogP contribution in [-0.4, -0.2) is 13.2 Å². The van der Waals surface area contributed by atoms with Crippen LogP contribution < -0.4 is 10.1 Å². The number of ether oxygens (including phenoxy) is 1. The van der Waals surface area contributed by atoms with Gasteiger partial charge in [-0.15, -0.1) is 0 Å². The van der Waals surface area contributed by atoms with E-state index >= 15 is 0 Å². The van der Waals surface area contributed by atoms with Gasteiger partial charge in [0.1, 0.15) is 5.75 Å². The van der Waals surface area contributed by atoms with Crippen molar-refractivity contribution in [3.63, 3.8) is 0 Å². The molecule has 102 valence electrons. The number of para-hydroxylation sites is 1. The third kappa shape index (κ3) is 2.05. The van der Waals surface area contributed by atoms with Gasteiger partial charge in [0.25, 0.3) is 0 Å². The molecule has 2 heterocycles. The molecule has 0 radical (unpaired) electrons. The summed E-state index contributed by atoms with van der Waals surface area (Å²) in [5.41, 5.74) is 6.85. The monoisotopic (exact) mass is 265 g/mol. The molecule has 20 heavy (non-hydrogen) atoms. The van der Waals surface area contributed by atoms with Crippen LogP contribution in [0.25, 0.3) is 0 Å². The Balaban J connectivity index is 1.65. The van der Waals surface area contributed by atoms with Crippen LogP contribution in [0.2, 0.25) is 0 Å². The highest BCUT2D eigenvalue weighted by atomic mass is 16.5. The average Bonchev–Trinajstić information content (AvgIpc) is 2.97. The maximum atomic E-state index is 5.80. The van der Waals surface area contributed by atoms with Gasteiger partial charge >= 0.3 is 0 Å². The first-order valence-electron chi connectivity index (χ1n) is 7.49. The molecular weight excluding hydrogens is 246 g/mol. The fourth-order valence-electron chi connectivity index (χ4n) is 3.28. The fraction of sp³-hybridized carbons (Fsp3) is 0.333. The minimum atomic E-state index is 0.834. The zero-order chi connectivity index (χ0) is 13.4. The van der Waals surface area contributed by atoms with Crippen LogP contribution in [0.4, 0.5) is 5.69 Å². The van der Waals surface area contributed by atoms with Crippen LogP contribution in [0.1, 0.15) is 28.7 Å². The van der Waals surface area contributed by atoms with E-state index in [4.69, 9.17) is 4.74 Å². The van der Waals surface area contributed by atoms with Gasteiger partial charge in [-0.2, -0.15) is 0 Å². The molecule has 2 aliphatic heterocycles. The normalized spacial score (nSPS) is 16.0. The van der Waals surface area contributed by atoms with Crippen molar-refractivity contribution in [3.8, 4) is 5.75 Å². The van der Waals surface area contributed by atoms with Crippen LogP contribution in [-0.2, 0) is 19.3 Å². The highest BCUT2D eigenvalue weighted by Gasteiger charge is 2.16. The average molecular weight is 265 g/mol. The predicted octanol–water partition coefficient (Wildman–Crippen LogP) is 3.57. The summed E-state index contributed by atoms with van der Waals surface area (Å²) in [5.74, 6) is 1.13. The molecule has 0 spiro atoms. The first-order valence-corrected chi connectivity index (χ1v) is 7.49. The number of hydrogen-bond donors (Lipinski definition) is 1. The molecule has 0 aliphatic carbocycles. The molecule has 2 aliphatic rings. The van der Waals surface area contributed by atoms with E-state index in [0.717, 1.165) is 31.7 Å². The lowest BCUT2D eigenvalue weighted by molar-refractivity contribution is 0.354. The van der Waals surface area contributed by atoms with Crippen molar-refractivity contribution in [2.45, 2.75) is 25.7 Å². The Bertz CT molecular complexity index is 648. The van der Waals surface area contributed by atoms with E-state index in [0.29, 0.717) is 0 Å². The van der Waals surface area contributed by atoms with Gasteiger partial charge in [0, 0.05) is 25.1 Å². The van der Waals surface area contributed by atoms with Gasteiger partial charge in [-0.05, 0) is 41.2 Å². The Morgan fingerprint density at radius 3 is 3.05 bits per heavy atom. The van der Waals surface area contributed by atoms with Gasteiger partial charge in [-0.25, -0.2) is 0 Å². The lowest BCUT2D eigenvalue weighted by Gasteiger charge is -2.19. The van der Waals surface area contributed by atoms with E-state index in [-0.39, 0.29) is 0 Å². The largest absolute Gasteiger partial charge is 0.493 e. The summed E-state index contributed by atoms with van der Waals surface area (Å²) in [6, 6.07) is 13.4. The first kappa shape index (κ1) is 11.8. The van der Waals surface area contributed by atoms with Crippen LogP contribution in [0.5, 0.6) is 5.75 Å². The van der Waals surface area contributed by atoms with Crippen LogP contribution in [0.15, 0.2) is 36.4 Å². The molecule has 0 aromatic heterocycles. The summed E-state index contributed by atoms with van der Waals surface area (Å²) in [5, 5.41) is 3.47. The number of benzene rings is 2. The number of fused-ring (bicyclic) bond motifs is 2. The highest BCUT2D eigenvalue weighted by molar-refractivity contribution is 5.55. The molecule has 0 bridgehead atoms. The summed E-state index contributed by atoms with van der Waals surface area (Å²) >= 11 is 0. The van der Waals surface area contributed by atoms with Crippen molar-refractivity contribution in [1.29, 1.82) is 0 Å². The standard InChI is InChI=1S/C18H19NO/c1-3-14-8-10-20-18(14)16(4-1)12-13-6-7-17-15(11-13)5-2-9-19-17/h1,3-4,6-7,11,19H,2,5,8-10,12H2. The molecule has 4 rings (SSSR count). The first-order chi connectivity index (χ1) is 9.90. The van der Waals surface area contributed by atoms with Gasteiger partial charge in [0.05, 0.1) is 6.61 Å². The number of anilines is 1. The van der Waals surface area contributed by atoms with E-state index in [1.54, 1.807) is 0 Å². The molecule has 0 saturated heterocycles. The van der Waals surface area contributed by atoms with Crippen LogP contribution >= 0.6 is 0 Å². The Morgan fingerprint density at radius 1 is 1.05 bits per heavy atom. The summed E-state index contributed by atoms with van der Waals surface area (Å²) in [6.45, 7) is 1.94. The van der Waals surface area contributed by atoms with Gasteiger partial charge < -0.3 is 10.1 Å². The smallest absolute Gasteiger partial charge is 0.126 e. The van der Waals surface area contributed by atoms with Crippen molar-refractivity contribution in [1.82, 2.24) is 0 Å². The number of aryl methyl sites for hydroxylation is 1. The van der Waals surface area contributed by atoms with Gasteiger partial charge in [-0.1, -0.05) is 30.3 Å². The van der Waals surface area contributed by atoms with Crippen LogP contribution in [0.3, 0.4) is 0 Å². The topological polar surface area (TPSA) is 21.3 Å². The number of rotatable bonds is 2. The van der Waals surface area contributed by atoms with E-state index < -0.39 is 0 Å². The van der Waals surface area contributed by atoms with Crippen molar-refractivity contribution in [3.05, 3.63) is 58.7 Å². The highest BCUT2D eigenvalue weighted by Crippen LogP contribution is 2.32. The van der Waals surface area contributed by atoms with Gasteiger partial charge in [-0.3, -0.25) is 0 Å². The second-order valence-electron chi connectivity index (χ2n) is 5.70. The number of hydrogen-bond acceptors (Lipinski definition) is 2. The lowest BCUT2D eigenvalue weighted by atomic mass is 9.96. The molecule has 2 heteroatoms. The molecule has 0 amide bonds. The second-order valence-corrected chi connectivity index (χ2v) is 5.70. The van der Waals surface area contributed by atoms with Crippen molar-refractivity contribution >= 4 is 5.69 Å². The third-order valence-corrected chi connectivity index (χ3v) is 4.30. The third-order valence-electron chi connectivity index (χ3n) is 4.30. The second kappa shape index (κ2) is 4.86. The summed E-state index contributed by atoms with van der Waals surface area (Å²) < 4.78 is 5.80. The molecule has 2 aromatic rings. The van der Waals surface area contributed by atoms with Gasteiger partial charge in [0.2, 0.25) is 0 Å². The minimum absolute atomic E-state index is 0.834. The summed E-state index contributed by atoms with van der Waals surface area (Å²) in [4.78, 5) is 0. The zero-order valence-electron chi connectivity index (χ0n) is 11.6. The SMILES string of the molecule is c1cc2c(c(Cc3ccc4c(c3)CCCN4)c1)OCC2. The van der Waals surface area contributed by atoms with Crippen molar-refractivity contribution in [2.24, 2.45) is 0 Å². The number of nitrogens with one attached hydrogen (secondary N) is 1. The van der Waals surface area contributed by atoms with E-state index in [2.05, 4.69) is 41.7 Å². The Hall–Kier alpha value is -1.96. The molecule has 2 nitrogen and oxygen atoms in total. The van der Waals surface area contributed by atoms with E-state index in [1.807, 2.05) is 0 Å². The van der Waals surface area contributed by atoms with Gasteiger partial charge in [0.15, 0.2) is 0 Å². The predicted molar refractivity (Wildman–Crippen MR) is 81.7 cm³/mol. The Labute approximate surface area is 119 Å². The Kier molecular flexibility index (Phi) is 2.87. The van der Waals surface area contributed by atoms with Crippen molar-refractivity contribution in [2.75, 3.05) is 18.5 Å². The fourth-order valence-corrected chi connectivity index (χ4v) is 3.28. The zero-order valence-corrected chi connectivity index (χ0v) is 11.6. The Morgan fingerprint density at radius 2 is 2.05 bits per heavy atom. The quantitative estimate of drug-likeness (QED) is 0.896. The molecule has 2 aromatic carbocycles. The van der Waals surface area contributed by atoms with Crippen LogP contribution in [0, 0.1) is 0 Å². The molecule has 0 fully saturated rings. The minimum Gasteiger partial charge on any atom is -0.493 e.